The molecule has 106 valence electrons. The van der Waals surface area contributed by atoms with Gasteiger partial charge in [-0.25, -0.2) is 4.68 Å². The van der Waals surface area contributed by atoms with Gasteiger partial charge < -0.3 is 14.7 Å². The molecule has 0 fully saturated rings. The normalized spacial score (nSPS) is 12.2. The van der Waals surface area contributed by atoms with Crippen molar-refractivity contribution in [2.24, 2.45) is 0 Å². The van der Waals surface area contributed by atoms with Crippen LogP contribution in [0.15, 0.2) is 6.20 Å². The Morgan fingerprint density at radius 3 is 2.79 bits per heavy atom. The third-order valence-electron chi connectivity index (χ3n) is 2.60. The Bertz CT molecular complexity index is 446. The van der Waals surface area contributed by atoms with Crippen LogP contribution in [0, 0.1) is 0 Å². The molecule has 8 heteroatoms. The first-order chi connectivity index (χ1) is 8.99. The Hall–Kier alpha value is -1.96. The molecule has 0 bridgehead atoms. The standard InChI is InChI=1S/C11H18N4O4/c1-4-15(8(2)7-19-3)11(18)9-5-14(13-12-9)6-10(16)17/h5,8H,4,6-7H2,1-3H3,(H,16,17). The summed E-state index contributed by atoms with van der Waals surface area (Å²) in [6.45, 7) is 4.33. The average Bonchev–Trinajstić information content (AvgIpc) is 2.77. The maximum atomic E-state index is 12.2. The van der Waals surface area contributed by atoms with Crippen LogP contribution in [-0.4, -0.2) is 63.2 Å². The first kappa shape index (κ1) is 15.1. The van der Waals surface area contributed by atoms with E-state index in [0.29, 0.717) is 13.2 Å². The van der Waals surface area contributed by atoms with Crippen molar-refractivity contribution in [3.05, 3.63) is 11.9 Å². The van der Waals surface area contributed by atoms with Gasteiger partial charge in [-0.3, -0.25) is 9.59 Å². The van der Waals surface area contributed by atoms with E-state index in [4.69, 9.17) is 9.84 Å². The molecule has 1 aromatic heterocycles. The zero-order chi connectivity index (χ0) is 14.4. The van der Waals surface area contributed by atoms with Crippen LogP contribution in [-0.2, 0) is 16.1 Å². The number of amides is 1. The van der Waals surface area contributed by atoms with Gasteiger partial charge in [-0.1, -0.05) is 5.21 Å². The number of carboxylic acids is 1. The van der Waals surface area contributed by atoms with Gasteiger partial charge >= 0.3 is 5.97 Å². The van der Waals surface area contributed by atoms with E-state index in [0.717, 1.165) is 4.68 Å². The number of likely N-dealkylation sites (N-methyl/N-ethyl adjacent to an activating group) is 1. The number of ether oxygens (including phenoxy) is 1. The maximum absolute atomic E-state index is 12.2. The molecule has 1 atom stereocenters. The summed E-state index contributed by atoms with van der Waals surface area (Å²) in [5.74, 6) is -1.33. The van der Waals surface area contributed by atoms with Crippen LogP contribution in [0.25, 0.3) is 0 Å². The minimum atomic E-state index is -1.04. The van der Waals surface area contributed by atoms with Crippen molar-refractivity contribution in [2.75, 3.05) is 20.3 Å². The lowest BCUT2D eigenvalue weighted by molar-refractivity contribution is -0.137. The largest absolute Gasteiger partial charge is 0.480 e. The highest BCUT2D eigenvalue weighted by Crippen LogP contribution is 2.06. The third kappa shape index (κ3) is 4.02. The smallest absolute Gasteiger partial charge is 0.325 e. The van der Waals surface area contributed by atoms with Gasteiger partial charge in [-0.2, -0.15) is 0 Å². The van der Waals surface area contributed by atoms with E-state index in [1.165, 1.54) is 6.20 Å². The molecule has 1 amide bonds. The summed E-state index contributed by atoms with van der Waals surface area (Å²) in [7, 11) is 1.57. The molecule has 0 aromatic carbocycles. The fourth-order valence-corrected chi connectivity index (χ4v) is 1.75. The first-order valence-corrected chi connectivity index (χ1v) is 5.91. The van der Waals surface area contributed by atoms with Crippen molar-refractivity contribution in [2.45, 2.75) is 26.4 Å². The Labute approximate surface area is 111 Å². The predicted molar refractivity (Wildman–Crippen MR) is 65.7 cm³/mol. The van der Waals surface area contributed by atoms with Crippen molar-refractivity contribution in [1.82, 2.24) is 19.9 Å². The summed E-state index contributed by atoms with van der Waals surface area (Å²) in [6.07, 6.45) is 1.33. The Morgan fingerprint density at radius 2 is 2.26 bits per heavy atom. The van der Waals surface area contributed by atoms with E-state index in [1.807, 2.05) is 13.8 Å². The highest BCUT2D eigenvalue weighted by atomic mass is 16.5. The summed E-state index contributed by atoms with van der Waals surface area (Å²) < 4.78 is 6.13. The van der Waals surface area contributed by atoms with Gasteiger partial charge in [0.15, 0.2) is 5.69 Å². The number of carboxylic acid groups (broad SMARTS) is 1. The van der Waals surface area contributed by atoms with Crippen molar-refractivity contribution in [1.29, 1.82) is 0 Å². The van der Waals surface area contributed by atoms with E-state index < -0.39 is 5.97 Å². The number of aromatic nitrogens is 3. The van der Waals surface area contributed by atoms with E-state index in [2.05, 4.69) is 10.3 Å². The van der Waals surface area contributed by atoms with Crippen LogP contribution in [0.1, 0.15) is 24.3 Å². The fourth-order valence-electron chi connectivity index (χ4n) is 1.75. The second kappa shape index (κ2) is 6.83. The zero-order valence-electron chi connectivity index (χ0n) is 11.2. The molecule has 0 aliphatic carbocycles. The molecule has 0 saturated heterocycles. The van der Waals surface area contributed by atoms with Crippen LogP contribution in [0.2, 0.25) is 0 Å². The topological polar surface area (TPSA) is 97.6 Å². The van der Waals surface area contributed by atoms with Gasteiger partial charge in [0.05, 0.1) is 18.8 Å². The van der Waals surface area contributed by atoms with E-state index in [-0.39, 0.29) is 24.2 Å². The molecule has 8 nitrogen and oxygen atoms in total. The molecule has 0 aliphatic heterocycles. The predicted octanol–water partition coefficient (Wildman–Crippen LogP) is -0.140. The molecule has 0 saturated carbocycles. The molecule has 1 N–H and O–H groups in total. The van der Waals surface area contributed by atoms with Crippen molar-refractivity contribution < 1.29 is 19.4 Å². The number of hydrogen-bond donors (Lipinski definition) is 1. The van der Waals surface area contributed by atoms with Crippen LogP contribution in [0.4, 0.5) is 0 Å². The average molecular weight is 270 g/mol. The van der Waals surface area contributed by atoms with Crippen LogP contribution >= 0.6 is 0 Å². The lowest BCUT2D eigenvalue weighted by atomic mass is 10.2. The van der Waals surface area contributed by atoms with E-state index >= 15 is 0 Å². The SMILES string of the molecule is CCN(C(=O)c1cn(CC(=O)O)nn1)C(C)COC. The fraction of sp³-hybridized carbons (Fsp3) is 0.636. The summed E-state index contributed by atoms with van der Waals surface area (Å²) >= 11 is 0. The second-order valence-electron chi connectivity index (χ2n) is 4.09. The highest BCUT2D eigenvalue weighted by Gasteiger charge is 2.22. The Kier molecular flexibility index (Phi) is 5.43. The van der Waals surface area contributed by atoms with Gasteiger partial charge in [0, 0.05) is 13.7 Å². The van der Waals surface area contributed by atoms with E-state index in [1.54, 1.807) is 12.0 Å². The molecule has 19 heavy (non-hydrogen) atoms. The number of aliphatic carboxylic acids is 1. The van der Waals surface area contributed by atoms with Gasteiger partial charge in [-0.05, 0) is 13.8 Å². The molecule has 1 heterocycles. The number of rotatable bonds is 7. The maximum Gasteiger partial charge on any atom is 0.325 e. The quantitative estimate of drug-likeness (QED) is 0.740. The second-order valence-corrected chi connectivity index (χ2v) is 4.09. The monoisotopic (exact) mass is 270 g/mol. The Morgan fingerprint density at radius 1 is 1.58 bits per heavy atom. The summed E-state index contributed by atoms with van der Waals surface area (Å²) in [6, 6.07) is -0.0906. The van der Waals surface area contributed by atoms with Gasteiger partial charge in [0.25, 0.3) is 5.91 Å². The molecule has 0 radical (unpaired) electrons. The number of hydrogen-bond acceptors (Lipinski definition) is 5. The van der Waals surface area contributed by atoms with E-state index in [9.17, 15) is 9.59 Å². The first-order valence-electron chi connectivity index (χ1n) is 5.91. The minimum absolute atomic E-state index is 0.0906. The molecular weight excluding hydrogens is 252 g/mol. The minimum Gasteiger partial charge on any atom is -0.480 e. The molecule has 1 unspecified atom stereocenters. The Balaban J connectivity index is 2.79. The molecular formula is C11H18N4O4. The van der Waals surface area contributed by atoms with Crippen molar-refractivity contribution in [3.8, 4) is 0 Å². The third-order valence-corrected chi connectivity index (χ3v) is 2.60. The van der Waals surface area contributed by atoms with Crippen LogP contribution < -0.4 is 0 Å². The summed E-state index contributed by atoms with van der Waals surface area (Å²) in [5.41, 5.74) is 0.131. The molecule has 0 spiro atoms. The number of carbonyl (C=O) groups is 2. The summed E-state index contributed by atoms with van der Waals surface area (Å²) in [4.78, 5) is 24.3. The highest BCUT2D eigenvalue weighted by molar-refractivity contribution is 5.92. The van der Waals surface area contributed by atoms with Gasteiger partial charge in [0.1, 0.15) is 6.54 Å². The number of methoxy groups -OCH3 is 1. The van der Waals surface area contributed by atoms with Crippen molar-refractivity contribution in [3.63, 3.8) is 0 Å². The molecule has 0 aliphatic rings. The van der Waals surface area contributed by atoms with Crippen LogP contribution in [0.3, 0.4) is 0 Å². The zero-order valence-corrected chi connectivity index (χ0v) is 11.2. The number of nitrogens with zero attached hydrogens (tertiary/aromatic N) is 4. The number of carbonyl (C=O) groups excluding carboxylic acids is 1. The lowest BCUT2D eigenvalue weighted by Crippen LogP contribution is -2.41. The van der Waals surface area contributed by atoms with Crippen molar-refractivity contribution >= 4 is 11.9 Å². The molecule has 1 aromatic rings. The lowest BCUT2D eigenvalue weighted by Gasteiger charge is -2.26. The van der Waals surface area contributed by atoms with Gasteiger partial charge in [0.2, 0.25) is 0 Å². The van der Waals surface area contributed by atoms with Crippen LogP contribution in [0.5, 0.6) is 0 Å². The molecule has 1 rings (SSSR count). The van der Waals surface area contributed by atoms with Gasteiger partial charge in [-0.15, -0.1) is 5.10 Å². The summed E-state index contributed by atoms with van der Waals surface area (Å²) in [5, 5.41) is 15.9.